The Morgan fingerprint density at radius 3 is 2.31 bits per heavy atom. The van der Waals surface area contributed by atoms with Gasteiger partial charge in [0.15, 0.2) is 0 Å². The molecule has 2 aromatic rings. The van der Waals surface area contributed by atoms with Gasteiger partial charge in [-0.05, 0) is 56.6 Å². The van der Waals surface area contributed by atoms with Gasteiger partial charge in [-0.3, -0.25) is 9.69 Å². The van der Waals surface area contributed by atoms with Crippen LogP contribution in [0.3, 0.4) is 0 Å². The van der Waals surface area contributed by atoms with Crippen molar-refractivity contribution >= 4 is 27.5 Å². The Kier molecular flexibility index (Phi) is 8.33. The molecular weight excluding hydrogens is 446 g/mol. The Labute approximate surface area is 196 Å². The van der Waals surface area contributed by atoms with Crippen LogP contribution in [0.4, 0.5) is 0 Å². The number of halogens is 1. The summed E-state index contributed by atoms with van der Waals surface area (Å²) >= 11 is 6.32. The normalized spacial score (nSPS) is 16.8. The SMILES string of the molecule is CCN(CC)S(=O)(=O)c1ccc(Cl)c(C(=O)N[C@H](C)[C@@H](c2ccccc2)N2CCCC2)c1. The summed E-state index contributed by atoms with van der Waals surface area (Å²) in [6, 6.07) is 14.3. The van der Waals surface area contributed by atoms with Crippen LogP contribution in [0.5, 0.6) is 0 Å². The highest BCUT2D eigenvalue weighted by molar-refractivity contribution is 7.89. The van der Waals surface area contributed by atoms with Gasteiger partial charge >= 0.3 is 0 Å². The molecule has 32 heavy (non-hydrogen) atoms. The number of nitrogens with zero attached hydrogens (tertiary/aromatic N) is 2. The molecule has 1 amide bonds. The van der Waals surface area contributed by atoms with E-state index in [1.165, 1.54) is 22.5 Å². The molecule has 8 heteroatoms. The average Bonchev–Trinajstić information content (AvgIpc) is 3.29. The number of carbonyl (C=O) groups excluding carboxylic acids is 1. The van der Waals surface area contributed by atoms with Crippen LogP contribution in [0.15, 0.2) is 53.4 Å². The van der Waals surface area contributed by atoms with E-state index in [1.807, 2.05) is 25.1 Å². The molecule has 1 saturated heterocycles. The number of carbonyl (C=O) groups is 1. The second-order valence-electron chi connectivity index (χ2n) is 8.09. The molecule has 2 atom stereocenters. The van der Waals surface area contributed by atoms with Crippen LogP contribution in [0, 0.1) is 0 Å². The van der Waals surface area contributed by atoms with Gasteiger partial charge in [-0.25, -0.2) is 8.42 Å². The van der Waals surface area contributed by atoms with E-state index in [0.29, 0.717) is 13.1 Å². The third-order valence-electron chi connectivity index (χ3n) is 6.03. The number of benzene rings is 2. The van der Waals surface area contributed by atoms with Gasteiger partial charge in [0, 0.05) is 19.1 Å². The molecule has 0 saturated carbocycles. The molecule has 0 aliphatic carbocycles. The largest absolute Gasteiger partial charge is 0.348 e. The summed E-state index contributed by atoms with van der Waals surface area (Å²) < 4.78 is 27.2. The number of sulfonamides is 1. The molecule has 2 aromatic carbocycles. The first-order valence-electron chi connectivity index (χ1n) is 11.2. The first-order chi connectivity index (χ1) is 15.3. The summed E-state index contributed by atoms with van der Waals surface area (Å²) in [6.45, 7) is 8.24. The third-order valence-corrected chi connectivity index (χ3v) is 8.41. The number of hydrogen-bond donors (Lipinski definition) is 1. The second-order valence-corrected chi connectivity index (χ2v) is 10.4. The molecule has 1 aliphatic rings. The Morgan fingerprint density at radius 2 is 1.72 bits per heavy atom. The molecule has 1 aliphatic heterocycles. The lowest BCUT2D eigenvalue weighted by Crippen LogP contribution is -2.44. The van der Waals surface area contributed by atoms with E-state index in [0.717, 1.165) is 31.5 Å². The number of rotatable bonds is 9. The zero-order valence-corrected chi connectivity index (χ0v) is 20.5. The Morgan fingerprint density at radius 1 is 1.09 bits per heavy atom. The van der Waals surface area contributed by atoms with Gasteiger partial charge in [0.2, 0.25) is 10.0 Å². The number of likely N-dealkylation sites (tertiary alicyclic amines) is 1. The molecule has 174 valence electrons. The van der Waals surface area contributed by atoms with Crippen molar-refractivity contribution in [2.75, 3.05) is 26.2 Å². The van der Waals surface area contributed by atoms with Crippen molar-refractivity contribution in [3.05, 3.63) is 64.7 Å². The van der Waals surface area contributed by atoms with Gasteiger partial charge in [0.25, 0.3) is 5.91 Å². The van der Waals surface area contributed by atoms with Crippen LogP contribution < -0.4 is 5.32 Å². The summed E-state index contributed by atoms with van der Waals surface area (Å²) in [5.74, 6) is -0.376. The molecule has 6 nitrogen and oxygen atoms in total. The minimum Gasteiger partial charge on any atom is -0.348 e. The van der Waals surface area contributed by atoms with Gasteiger partial charge in [-0.1, -0.05) is 55.8 Å². The maximum atomic E-state index is 13.2. The Bertz CT molecular complexity index is 1020. The zero-order valence-electron chi connectivity index (χ0n) is 18.9. The van der Waals surface area contributed by atoms with E-state index >= 15 is 0 Å². The molecule has 0 aromatic heterocycles. The highest BCUT2D eigenvalue weighted by Crippen LogP contribution is 2.29. The van der Waals surface area contributed by atoms with Crippen molar-refractivity contribution in [1.82, 2.24) is 14.5 Å². The average molecular weight is 478 g/mol. The van der Waals surface area contributed by atoms with Crippen molar-refractivity contribution in [2.24, 2.45) is 0 Å². The lowest BCUT2D eigenvalue weighted by Gasteiger charge is -2.33. The number of amides is 1. The van der Waals surface area contributed by atoms with E-state index in [2.05, 4.69) is 22.3 Å². The number of hydrogen-bond acceptors (Lipinski definition) is 4. The van der Waals surface area contributed by atoms with Crippen molar-refractivity contribution in [2.45, 2.75) is 50.6 Å². The molecule has 1 heterocycles. The monoisotopic (exact) mass is 477 g/mol. The first-order valence-corrected chi connectivity index (χ1v) is 13.0. The highest BCUT2D eigenvalue weighted by Gasteiger charge is 2.30. The third kappa shape index (κ3) is 5.34. The van der Waals surface area contributed by atoms with Crippen molar-refractivity contribution < 1.29 is 13.2 Å². The van der Waals surface area contributed by atoms with Crippen LogP contribution in [0.2, 0.25) is 5.02 Å². The maximum Gasteiger partial charge on any atom is 0.253 e. The molecule has 0 unspecified atom stereocenters. The smallest absolute Gasteiger partial charge is 0.253 e. The van der Waals surface area contributed by atoms with E-state index in [-0.39, 0.29) is 33.5 Å². The predicted octanol–water partition coefficient (Wildman–Crippen LogP) is 4.33. The lowest BCUT2D eigenvalue weighted by atomic mass is 9.98. The van der Waals surface area contributed by atoms with Crippen LogP contribution in [-0.2, 0) is 10.0 Å². The fraction of sp³-hybridized carbons (Fsp3) is 0.458. The van der Waals surface area contributed by atoms with E-state index in [9.17, 15) is 13.2 Å². The molecule has 1 N–H and O–H groups in total. The predicted molar refractivity (Wildman–Crippen MR) is 128 cm³/mol. The van der Waals surface area contributed by atoms with Crippen LogP contribution >= 0.6 is 11.6 Å². The first kappa shape index (κ1) is 24.7. The van der Waals surface area contributed by atoms with Crippen LogP contribution in [0.1, 0.15) is 55.6 Å². The van der Waals surface area contributed by atoms with Gasteiger partial charge in [0.05, 0.1) is 21.5 Å². The van der Waals surface area contributed by atoms with Gasteiger partial charge in [-0.2, -0.15) is 4.31 Å². The topological polar surface area (TPSA) is 69.7 Å². The number of nitrogens with one attached hydrogen (secondary N) is 1. The minimum atomic E-state index is -3.69. The second kappa shape index (κ2) is 10.8. The maximum absolute atomic E-state index is 13.2. The van der Waals surface area contributed by atoms with Crippen LogP contribution in [-0.4, -0.2) is 55.8 Å². The summed E-state index contributed by atoms with van der Waals surface area (Å²) in [4.78, 5) is 15.7. The van der Waals surface area contributed by atoms with Crippen LogP contribution in [0.25, 0.3) is 0 Å². The van der Waals surface area contributed by atoms with Crippen molar-refractivity contribution in [3.8, 4) is 0 Å². The summed E-state index contributed by atoms with van der Waals surface area (Å²) in [5.41, 5.74) is 1.31. The van der Waals surface area contributed by atoms with Gasteiger partial charge < -0.3 is 5.32 Å². The van der Waals surface area contributed by atoms with E-state index in [1.54, 1.807) is 13.8 Å². The quantitative estimate of drug-likeness (QED) is 0.583. The summed E-state index contributed by atoms with van der Waals surface area (Å²) in [6.07, 6.45) is 2.28. The van der Waals surface area contributed by atoms with E-state index < -0.39 is 10.0 Å². The fourth-order valence-electron chi connectivity index (χ4n) is 4.40. The highest BCUT2D eigenvalue weighted by atomic mass is 35.5. The Balaban J connectivity index is 1.87. The molecule has 1 fully saturated rings. The standard InChI is InChI=1S/C24H32ClN3O3S/c1-4-28(5-2)32(30,31)20-13-14-22(25)21(17-20)24(29)26-18(3)23(27-15-9-10-16-27)19-11-7-6-8-12-19/h6-8,11-14,17-18,23H,4-5,9-10,15-16H2,1-3H3,(H,26,29)/t18-,23+/m1/s1. The fourth-order valence-corrected chi connectivity index (χ4v) is 6.09. The molecule has 0 bridgehead atoms. The van der Waals surface area contributed by atoms with Gasteiger partial charge in [-0.15, -0.1) is 0 Å². The summed E-state index contributed by atoms with van der Waals surface area (Å²) in [5, 5.41) is 3.30. The van der Waals surface area contributed by atoms with E-state index in [4.69, 9.17) is 11.6 Å². The molecule has 3 rings (SSSR count). The van der Waals surface area contributed by atoms with Gasteiger partial charge in [0.1, 0.15) is 0 Å². The van der Waals surface area contributed by atoms with Crippen molar-refractivity contribution in [3.63, 3.8) is 0 Å². The molecule has 0 spiro atoms. The lowest BCUT2D eigenvalue weighted by molar-refractivity contribution is 0.0906. The summed E-state index contributed by atoms with van der Waals surface area (Å²) in [7, 11) is -3.69. The van der Waals surface area contributed by atoms with Crippen molar-refractivity contribution in [1.29, 1.82) is 0 Å². The zero-order chi connectivity index (χ0) is 23.3. The Hall–Kier alpha value is -1.93. The molecular formula is C24H32ClN3O3S. The minimum absolute atomic E-state index is 0.0315. The molecule has 0 radical (unpaired) electrons.